The fourth-order valence-electron chi connectivity index (χ4n) is 5.59. The highest BCUT2D eigenvalue weighted by Crippen LogP contribution is 2.32. The molecule has 8 nitrogen and oxygen atoms in total. The largest absolute Gasteiger partial charge is 0.365 e. The maximum atomic E-state index is 13.4. The lowest BCUT2D eigenvalue weighted by atomic mass is 9.88. The Hall–Kier alpha value is -2.62. The quantitative estimate of drug-likeness (QED) is 0.589. The summed E-state index contributed by atoms with van der Waals surface area (Å²) in [4.78, 5) is 43.6. The Balaban J connectivity index is 1.21. The molecule has 0 bridgehead atoms. The van der Waals surface area contributed by atoms with Crippen molar-refractivity contribution in [3.05, 3.63) is 58.1 Å². The molecule has 0 aromatic heterocycles. The molecule has 3 fully saturated rings. The first-order valence-corrected chi connectivity index (χ1v) is 14.7. The lowest BCUT2D eigenvalue weighted by molar-refractivity contribution is -0.137. The molecule has 2 aromatic carbocycles. The number of carbonyl (C=O) groups is 3. The first-order chi connectivity index (χ1) is 18.1. The van der Waals surface area contributed by atoms with E-state index in [9.17, 15) is 18.6 Å². The molecular weight excluding hydrogens is 547 g/mol. The van der Waals surface area contributed by atoms with Crippen LogP contribution in [0.2, 0.25) is 10.0 Å². The lowest BCUT2D eigenvalue weighted by Crippen LogP contribution is -2.68. The van der Waals surface area contributed by atoms with E-state index in [4.69, 9.17) is 23.2 Å². The van der Waals surface area contributed by atoms with Gasteiger partial charge in [-0.2, -0.15) is 0 Å². The van der Waals surface area contributed by atoms with Crippen LogP contribution < -0.4 is 10.2 Å². The average Bonchev–Trinajstić information content (AvgIpc) is 3.26. The second-order valence-corrected chi connectivity index (χ2v) is 12.6. The highest BCUT2D eigenvalue weighted by atomic mass is 35.5. The van der Waals surface area contributed by atoms with Gasteiger partial charge in [-0.25, -0.2) is 0 Å². The number of amides is 3. The summed E-state index contributed by atoms with van der Waals surface area (Å²) in [6.07, 6.45) is 1.19. The zero-order chi connectivity index (χ0) is 27.2. The third kappa shape index (κ3) is 5.16. The van der Waals surface area contributed by atoms with E-state index in [-0.39, 0.29) is 46.1 Å². The molecule has 38 heavy (non-hydrogen) atoms. The molecule has 2 aromatic rings. The highest BCUT2D eigenvalue weighted by molar-refractivity contribution is 7.85. The van der Waals surface area contributed by atoms with Crippen LogP contribution in [0.15, 0.2) is 47.4 Å². The van der Waals surface area contributed by atoms with Crippen LogP contribution in [0.5, 0.6) is 0 Å². The van der Waals surface area contributed by atoms with Gasteiger partial charge in [-0.15, -0.1) is 0 Å². The lowest BCUT2D eigenvalue weighted by Gasteiger charge is -2.47. The molecule has 3 saturated heterocycles. The van der Waals surface area contributed by atoms with Crippen LogP contribution in [0.1, 0.15) is 37.0 Å². The molecule has 202 valence electrons. The summed E-state index contributed by atoms with van der Waals surface area (Å²) in [5.74, 6) is -0.577. The molecule has 0 aliphatic carbocycles. The monoisotopic (exact) mass is 576 g/mol. The highest BCUT2D eigenvalue weighted by Gasteiger charge is 2.49. The minimum atomic E-state index is -1.65. The fourth-order valence-corrected chi connectivity index (χ4v) is 7.27. The van der Waals surface area contributed by atoms with Crippen molar-refractivity contribution in [3.8, 4) is 0 Å². The number of nitrogens with one attached hydrogen (secondary N) is 1. The smallest absolute Gasteiger partial charge is 0.254 e. The predicted molar refractivity (Wildman–Crippen MR) is 148 cm³/mol. The van der Waals surface area contributed by atoms with Gasteiger partial charge in [-0.1, -0.05) is 29.3 Å². The molecule has 3 aliphatic rings. The molecule has 3 amide bonds. The maximum Gasteiger partial charge on any atom is 0.254 e. The Kier molecular flexibility index (Phi) is 7.46. The van der Waals surface area contributed by atoms with Gasteiger partial charge in [0.1, 0.15) is 5.75 Å². The van der Waals surface area contributed by atoms with E-state index < -0.39 is 10.8 Å². The van der Waals surface area contributed by atoms with Crippen molar-refractivity contribution in [2.24, 2.45) is 0 Å². The zero-order valence-corrected chi connectivity index (χ0v) is 23.6. The van der Waals surface area contributed by atoms with E-state index in [2.05, 4.69) is 17.1 Å². The van der Waals surface area contributed by atoms with Gasteiger partial charge >= 0.3 is 0 Å². The van der Waals surface area contributed by atoms with Crippen LogP contribution >= 0.6 is 23.2 Å². The van der Waals surface area contributed by atoms with Gasteiger partial charge in [0.15, 0.2) is 0 Å². The van der Waals surface area contributed by atoms with Crippen molar-refractivity contribution in [2.75, 3.05) is 36.8 Å². The van der Waals surface area contributed by atoms with E-state index in [0.29, 0.717) is 54.5 Å². The van der Waals surface area contributed by atoms with Crippen molar-refractivity contribution in [1.82, 2.24) is 15.1 Å². The van der Waals surface area contributed by atoms with Crippen molar-refractivity contribution in [1.29, 1.82) is 0 Å². The SMILES string of the molecule is CC1C(C)N(c2cccc(Cl)c2)CCN1C(=O)c1ccc(S(=O)CC(=O)N2CC3(CCC(=O)N3)C2)c(Cl)c1. The number of hydrogen-bond acceptors (Lipinski definition) is 5. The number of carbonyl (C=O) groups excluding carboxylic acids is 3. The van der Waals surface area contributed by atoms with Gasteiger partial charge in [0.05, 0.1) is 26.3 Å². The Bertz CT molecular complexity index is 1320. The van der Waals surface area contributed by atoms with Crippen molar-refractivity contribution < 1.29 is 18.6 Å². The first-order valence-electron chi connectivity index (χ1n) is 12.7. The zero-order valence-electron chi connectivity index (χ0n) is 21.3. The second kappa shape index (κ2) is 10.5. The van der Waals surface area contributed by atoms with Gasteiger partial charge in [-0.3, -0.25) is 18.6 Å². The van der Waals surface area contributed by atoms with Crippen molar-refractivity contribution in [2.45, 2.75) is 49.2 Å². The van der Waals surface area contributed by atoms with E-state index in [1.807, 2.05) is 36.1 Å². The van der Waals surface area contributed by atoms with Crippen LogP contribution in [-0.4, -0.2) is 81.3 Å². The van der Waals surface area contributed by atoms with Gasteiger partial charge in [0, 0.05) is 61.0 Å². The van der Waals surface area contributed by atoms with E-state index >= 15 is 0 Å². The minimum Gasteiger partial charge on any atom is -0.365 e. The standard InChI is InChI=1S/C27H30Cl2N4O4S/c1-17-18(2)33(11-10-32(17)21-5-3-4-20(28)13-21)26(36)19-6-7-23(22(29)12-19)38(37)14-25(35)31-15-27(16-31)9-8-24(34)30-27/h3-7,12-13,17-18H,8-11,14-16H2,1-2H3,(H,30,34). The van der Waals surface area contributed by atoms with Crippen LogP contribution in [0.25, 0.3) is 0 Å². The van der Waals surface area contributed by atoms with Crippen LogP contribution in [0.3, 0.4) is 0 Å². The van der Waals surface area contributed by atoms with Gasteiger partial charge in [0.2, 0.25) is 11.8 Å². The Morgan fingerprint density at radius 1 is 1.08 bits per heavy atom. The summed E-state index contributed by atoms with van der Waals surface area (Å²) >= 11 is 12.6. The van der Waals surface area contributed by atoms with E-state index in [1.54, 1.807) is 17.0 Å². The molecule has 3 heterocycles. The summed E-state index contributed by atoms with van der Waals surface area (Å²) < 4.78 is 13.0. The predicted octanol–water partition coefficient (Wildman–Crippen LogP) is 3.33. The fraction of sp³-hybridized carbons (Fsp3) is 0.444. The van der Waals surface area contributed by atoms with Crippen LogP contribution in [0.4, 0.5) is 5.69 Å². The maximum absolute atomic E-state index is 13.4. The molecule has 3 aliphatic heterocycles. The van der Waals surface area contributed by atoms with Crippen molar-refractivity contribution >= 4 is 57.4 Å². The molecule has 5 rings (SSSR count). The molecule has 0 radical (unpaired) electrons. The number of likely N-dealkylation sites (tertiary alicyclic amines) is 1. The normalized spacial score (nSPS) is 23.3. The summed E-state index contributed by atoms with van der Waals surface area (Å²) in [7, 11) is -1.65. The van der Waals surface area contributed by atoms with E-state index in [0.717, 1.165) is 5.69 Å². The summed E-state index contributed by atoms with van der Waals surface area (Å²) in [5, 5.41) is 3.80. The van der Waals surface area contributed by atoms with Crippen LogP contribution in [0, 0.1) is 0 Å². The first kappa shape index (κ1) is 27.0. The third-order valence-electron chi connectivity index (χ3n) is 7.92. The summed E-state index contributed by atoms with van der Waals surface area (Å²) in [6, 6.07) is 12.4. The molecule has 1 spiro atoms. The third-order valence-corrected chi connectivity index (χ3v) is 9.93. The number of rotatable bonds is 5. The molecule has 3 unspecified atom stereocenters. The van der Waals surface area contributed by atoms with Gasteiger partial charge in [-0.05, 0) is 56.7 Å². The minimum absolute atomic E-state index is 0.00827. The topological polar surface area (TPSA) is 90.0 Å². The summed E-state index contributed by atoms with van der Waals surface area (Å²) in [6.45, 7) is 6.19. The molecular formula is C27H30Cl2N4O4S. The van der Waals surface area contributed by atoms with E-state index in [1.165, 1.54) is 6.07 Å². The van der Waals surface area contributed by atoms with Crippen molar-refractivity contribution in [3.63, 3.8) is 0 Å². The number of benzene rings is 2. The number of nitrogens with zero attached hydrogens (tertiary/aromatic N) is 3. The summed E-state index contributed by atoms with van der Waals surface area (Å²) in [5.41, 5.74) is 1.12. The molecule has 3 atom stereocenters. The number of piperazine rings is 1. The Labute approximate surface area is 234 Å². The number of halogens is 2. The number of anilines is 1. The van der Waals surface area contributed by atoms with Gasteiger partial charge in [0.25, 0.3) is 5.91 Å². The average molecular weight is 578 g/mol. The second-order valence-electron chi connectivity index (χ2n) is 10.4. The Morgan fingerprint density at radius 2 is 1.84 bits per heavy atom. The number of hydrogen-bond donors (Lipinski definition) is 1. The molecule has 1 N–H and O–H groups in total. The Morgan fingerprint density at radius 3 is 2.50 bits per heavy atom. The molecule has 11 heteroatoms. The molecule has 0 saturated carbocycles. The van der Waals surface area contributed by atoms with Crippen LogP contribution in [-0.2, 0) is 20.4 Å². The van der Waals surface area contributed by atoms with Gasteiger partial charge < -0.3 is 20.0 Å².